The summed E-state index contributed by atoms with van der Waals surface area (Å²) in [6, 6.07) is 5.53. The third-order valence-corrected chi connectivity index (χ3v) is 4.25. The Labute approximate surface area is 132 Å². The van der Waals surface area contributed by atoms with Crippen LogP contribution in [-0.2, 0) is 4.79 Å². The number of likely N-dealkylation sites (tertiary alicyclic amines) is 1. The highest BCUT2D eigenvalue weighted by Crippen LogP contribution is 2.29. The highest BCUT2D eigenvalue weighted by Gasteiger charge is 2.20. The van der Waals surface area contributed by atoms with Crippen molar-refractivity contribution in [3.8, 4) is 11.5 Å². The Morgan fingerprint density at radius 2 is 1.95 bits per heavy atom. The Bertz CT molecular complexity index is 499. The number of quaternary nitrogens is 1. The maximum absolute atomic E-state index is 12.2. The Morgan fingerprint density at radius 3 is 2.59 bits per heavy atom. The van der Waals surface area contributed by atoms with Gasteiger partial charge >= 0.3 is 0 Å². The Hall–Kier alpha value is -1.75. The third kappa shape index (κ3) is 4.37. The van der Waals surface area contributed by atoms with Crippen LogP contribution < -0.4 is 19.7 Å². The predicted molar refractivity (Wildman–Crippen MR) is 85.5 cm³/mol. The van der Waals surface area contributed by atoms with Gasteiger partial charge in [0.1, 0.15) is 11.5 Å². The van der Waals surface area contributed by atoms with Crippen molar-refractivity contribution < 1.29 is 19.2 Å². The molecule has 1 aliphatic rings. The van der Waals surface area contributed by atoms with Crippen molar-refractivity contribution in [2.24, 2.45) is 0 Å². The van der Waals surface area contributed by atoms with E-state index in [-0.39, 0.29) is 11.9 Å². The van der Waals surface area contributed by atoms with Crippen LogP contribution in [-0.4, -0.2) is 39.8 Å². The van der Waals surface area contributed by atoms with Crippen molar-refractivity contribution in [3.63, 3.8) is 0 Å². The van der Waals surface area contributed by atoms with Gasteiger partial charge in [-0.1, -0.05) is 0 Å². The lowest BCUT2D eigenvalue weighted by molar-refractivity contribution is -0.896. The summed E-state index contributed by atoms with van der Waals surface area (Å²) in [6.45, 7) is 4.73. The number of hydrogen-bond donors (Lipinski definition) is 2. The minimum atomic E-state index is -0.109. The molecule has 0 aromatic heterocycles. The fourth-order valence-corrected chi connectivity index (χ4v) is 3.00. The van der Waals surface area contributed by atoms with Crippen LogP contribution in [0.3, 0.4) is 0 Å². The lowest BCUT2D eigenvalue weighted by Gasteiger charge is -2.24. The summed E-state index contributed by atoms with van der Waals surface area (Å²) in [6.07, 6.45) is 3.74. The van der Waals surface area contributed by atoms with Gasteiger partial charge in [-0.25, -0.2) is 0 Å². The maximum atomic E-state index is 12.2. The van der Waals surface area contributed by atoms with Crippen LogP contribution in [0.15, 0.2) is 18.2 Å². The summed E-state index contributed by atoms with van der Waals surface area (Å²) in [5.74, 6) is 1.62. The molecule has 0 bridgehead atoms. The van der Waals surface area contributed by atoms with E-state index in [9.17, 15) is 4.79 Å². The standard InChI is InChI=1S/C17H26N2O3/c1-13(15-11-14(21-2)7-8-16(15)22-3)18-17(20)12-19-9-5-4-6-10-19/h7-8,11,13H,4-6,9-10,12H2,1-3H3,(H,18,20)/p+1/t13-/m0/s1. The van der Waals surface area contributed by atoms with Crippen molar-refractivity contribution in [1.82, 2.24) is 5.32 Å². The lowest BCUT2D eigenvalue weighted by Crippen LogP contribution is -3.13. The van der Waals surface area contributed by atoms with Gasteiger partial charge in [-0.3, -0.25) is 4.79 Å². The minimum absolute atomic E-state index is 0.0919. The summed E-state index contributed by atoms with van der Waals surface area (Å²) < 4.78 is 10.6. The molecule has 1 heterocycles. The number of ether oxygens (including phenoxy) is 2. The summed E-state index contributed by atoms with van der Waals surface area (Å²) in [5.41, 5.74) is 0.934. The molecule has 0 radical (unpaired) electrons. The molecule has 5 heteroatoms. The van der Waals surface area contributed by atoms with Crippen molar-refractivity contribution in [2.45, 2.75) is 32.2 Å². The molecule has 1 saturated heterocycles. The zero-order valence-electron chi connectivity index (χ0n) is 13.8. The zero-order chi connectivity index (χ0) is 15.9. The average molecular weight is 307 g/mol. The van der Waals surface area contributed by atoms with E-state index in [2.05, 4.69) is 5.32 Å². The molecule has 1 amide bonds. The van der Waals surface area contributed by atoms with Crippen LogP contribution in [0, 0.1) is 0 Å². The number of hydrogen-bond acceptors (Lipinski definition) is 3. The van der Waals surface area contributed by atoms with Crippen LogP contribution in [0.25, 0.3) is 0 Å². The number of methoxy groups -OCH3 is 2. The van der Waals surface area contributed by atoms with Gasteiger partial charge in [-0.2, -0.15) is 0 Å². The van der Waals surface area contributed by atoms with Gasteiger partial charge in [-0.05, 0) is 44.4 Å². The molecule has 1 aromatic carbocycles. The van der Waals surface area contributed by atoms with Gasteiger partial charge < -0.3 is 19.7 Å². The van der Waals surface area contributed by atoms with Gasteiger partial charge in [0.25, 0.3) is 5.91 Å². The molecule has 2 rings (SSSR count). The van der Waals surface area contributed by atoms with E-state index in [0.717, 1.165) is 30.2 Å². The van der Waals surface area contributed by atoms with Crippen LogP contribution in [0.1, 0.15) is 37.8 Å². The molecule has 122 valence electrons. The van der Waals surface area contributed by atoms with E-state index in [1.54, 1.807) is 14.2 Å². The van der Waals surface area contributed by atoms with Gasteiger partial charge in [0.05, 0.1) is 33.4 Å². The highest BCUT2D eigenvalue weighted by atomic mass is 16.5. The second kappa shape index (κ2) is 8.03. The van der Waals surface area contributed by atoms with Crippen molar-refractivity contribution in [2.75, 3.05) is 33.9 Å². The smallest absolute Gasteiger partial charge is 0.275 e. The van der Waals surface area contributed by atoms with Gasteiger partial charge in [0, 0.05) is 5.56 Å². The first-order chi connectivity index (χ1) is 10.6. The van der Waals surface area contributed by atoms with Crippen molar-refractivity contribution in [3.05, 3.63) is 23.8 Å². The molecule has 1 aromatic rings. The molecule has 22 heavy (non-hydrogen) atoms. The average Bonchev–Trinajstić information content (AvgIpc) is 2.54. The third-order valence-electron chi connectivity index (χ3n) is 4.25. The molecule has 0 aliphatic carbocycles. The highest BCUT2D eigenvalue weighted by molar-refractivity contribution is 5.77. The zero-order valence-corrected chi connectivity index (χ0v) is 13.8. The molecule has 1 aliphatic heterocycles. The number of amides is 1. The molecular formula is C17H27N2O3+. The molecule has 0 saturated carbocycles. The van der Waals surface area contributed by atoms with Crippen molar-refractivity contribution >= 4 is 5.91 Å². The number of rotatable bonds is 6. The normalized spacial score (nSPS) is 16.9. The number of carbonyl (C=O) groups excluding carboxylic acids is 1. The summed E-state index contributed by atoms with van der Waals surface area (Å²) in [5, 5.41) is 3.07. The molecule has 2 N–H and O–H groups in total. The molecule has 0 unspecified atom stereocenters. The van der Waals surface area contributed by atoms with E-state index in [0.29, 0.717) is 6.54 Å². The Balaban J connectivity index is 1.98. The van der Waals surface area contributed by atoms with Crippen LogP contribution in [0.2, 0.25) is 0 Å². The first kappa shape index (κ1) is 16.6. The number of nitrogens with one attached hydrogen (secondary N) is 2. The number of carbonyl (C=O) groups is 1. The van der Waals surface area contributed by atoms with Crippen LogP contribution in [0.4, 0.5) is 0 Å². The lowest BCUT2D eigenvalue weighted by atomic mass is 10.1. The monoisotopic (exact) mass is 307 g/mol. The summed E-state index contributed by atoms with van der Waals surface area (Å²) in [4.78, 5) is 13.6. The molecule has 1 fully saturated rings. The van der Waals surface area contributed by atoms with Crippen molar-refractivity contribution in [1.29, 1.82) is 0 Å². The second-order valence-electron chi connectivity index (χ2n) is 5.88. The minimum Gasteiger partial charge on any atom is -0.497 e. The first-order valence-corrected chi connectivity index (χ1v) is 7.99. The van der Waals surface area contributed by atoms with Crippen LogP contribution in [0.5, 0.6) is 11.5 Å². The van der Waals surface area contributed by atoms with E-state index in [1.165, 1.54) is 24.2 Å². The largest absolute Gasteiger partial charge is 0.497 e. The summed E-state index contributed by atoms with van der Waals surface area (Å²) >= 11 is 0. The topological polar surface area (TPSA) is 52.0 Å². The quantitative estimate of drug-likeness (QED) is 0.823. The van der Waals surface area contributed by atoms with E-state index in [1.807, 2.05) is 25.1 Å². The fourth-order valence-electron chi connectivity index (χ4n) is 3.00. The number of benzene rings is 1. The fraction of sp³-hybridized carbons (Fsp3) is 0.588. The molecule has 5 nitrogen and oxygen atoms in total. The van der Waals surface area contributed by atoms with E-state index in [4.69, 9.17) is 9.47 Å². The molecule has 1 atom stereocenters. The Kier molecular flexibility index (Phi) is 6.07. The second-order valence-corrected chi connectivity index (χ2v) is 5.88. The first-order valence-electron chi connectivity index (χ1n) is 7.99. The predicted octanol–water partition coefficient (Wildman–Crippen LogP) is 0.950. The van der Waals surface area contributed by atoms with Crippen LogP contribution >= 0.6 is 0 Å². The van der Waals surface area contributed by atoms with Gasteiger partial charge in [0.15, 0.2) is 6.54 Å². The SMILES string of the molecule is COc1ccc(OC)c([C@H](C)NC(=O)C[NH+]2CCCCC2)c1. The van der Waals surface area contributed by atoms with E-state index < -0.39 is 0 Å². The molecular weight excluding hydrogens is 280 g/mol. The number of piperidine rings is 1. The summed E-state index contributed by atoms with van der Waals surface area (Å²) in [7, 11) is 3.27. The maximum Gasteiger partial charge on any atom is 0.275 e. The molecule has 0 spiro atoms. The van der Waals surface area contributed by atoms with Gasteiger partial charge in [0.2, 0.25) is 0 Å². The van der Waals surface area contributed by atoms with E-state index >= 15 is 0 Å². The van der Waals surface area contributed by atoms with Gasteiger partial charge in [-0.15, -0.1) is 0 Å². The Morgan fingerprint density at radius 1 is 1.23 bits per heavy atom.